The Morgan fingerprint density at radius 2 is 1.91 bits per heavy atom. The Hall–Kier alpha value is -3.00. The summed E-state index contributed by atoms with van der Waals surface area (Å²) in [6, 6.07) is 13.7. The van der Waals surface area contributed by atoms with E-state index in [9.17, 15) is 9.59 Å². The van der Waals surface area contributed by atoms with Gasteiger partial charge in [-0.2, -0.15) is 16.9 Å². The second kappa shape index (κ2) is 11.9. The monoisotopic (exact) mass is 479 g/mol. The summed E-state index contributed by atoms with van der Waals surface area (Å²) in [5.41, 5.74) is 1.42. The number of aromatic nitrogens is 3. The number of carbonyl (C=O) groups is 2. The van der Waals surface area contributed by atoms with Crippen molar-refractivity contribution in [2.75, 3.05) is 31.1 Å². The molecule has 1 saturated heterocycles. The first-order valence-corrected chi connectivity index (χ1v) is 13.3. The Morgan fingerprint density at radius 1 is 1.12 bits per heavy atom. The van der Waals surface area contributed by atoms with Gasteiger partial charge in [0, 0.05) is 32.0 Å². The average molecular weight is 480 g/mol. The van der Waals surface area contributed by atoms with Crippen molar-refractivity contribution >= 4 is 23.6 Å². The van der Waals surface area contributed by atoms with Crippen molar-refractivity contribution in [2.24, 2.45) is 5.92 Å². The van der Waals surface area contributed by atoms with E-state index in [1.165, 1.54) is 12.2 Å². The molecule has 1 aromatic carbocycles. The molecule has 1 atom stereocenters. The molecule has 180 valence electrons. The maximum Gasteiger partial charge on any atom is 0.259 e. The molecule has 0 bridgehead atoms. The molecule has 2 aromatic heterocycles. The molecule has 7 nitrogen and oxygen atoms in total. The first kappa shape index (κ1) is 24.1. The summed E-state index contributed by atoms with van der Waals surface area (Å²) in [6.07, 6.45) is 9.26. The summed E-state index contributed by atoms with van der Waals surface area (Å²) in [7, 11) is 0. The third-order valence-electron chi connectivity index (χ3n) is 6.02. The molecule has 1 aliphatic rings. The van der Waals surface area contributed by atoms with Gasteiger partial charge in [-0.05, 0) is 61.5 Å². The number of rotatable bonds is 10. The van der Waals surface area contributed by atoms with E-state index in [1.807, 2.05) is 76.1 Å². The second-order valence-electron chi connectivity index (χ2n) is 8.57. The smallest absolute Gasteiger partial charge is 0.259 e. The van der Waals surface area contributed by atoms with Crippen LogP contribution in [0.2, 0.25) is 0 Å². The van der Waals surface area contributed by atoms with Crippen LogP contribution in [0.25, 0.3) is 11.5 Å². The quantitative estimate of drug-likeness (QED) is 0.443. The molecule has 3 heterocycles. The Labute approximate surface area is 205 Å². The number of para-hydroxylation sites is 1. The maximum atomic E-state index is 13.6. The highest BCUT2D eigenvalue weighted by Crippen LogP contribution is 2.24. The molecule has 0 radical (unpaired) electrons. The topological polar surface area (TPSA) is 72.2 Å². The van der Waals surface area contributed by atoms with Crippen LogP contribution in [0, 0.1) is 5.92 Å². The fraction of sp³-hybridized carbons (Fsp3) is 0.423. The van der Waals surface area contributed by atoms with Gasteiger partial charge in [0.05, 0.1) is 17.8 Å². The van der Waals surface area contributed by atoms with Crippen LogP contribution in [0.5, 0.6) is 0 Å². The van der Waals surface area contributed by atoms with Crippen molar-refractivity contribution in [1.82, 2.24) is 24.6 Å². The zero-order valence-electron chi connectivity index (χ0n) is 19.7. The number of nitrogens with one attached hydrogen (secondary N) is 1. The normalized spacial score (nSPS) is 15.9. The minimum absolute atomic E-state index is 0.0589. The predicted octanol–water partition coefficient (Wildman–Crippen LogP) is 4.16. The molecule has 34 heavy (non-hydrogen) atoms. The van der Waals surface area contributed by atoms with Gasteiger partial charge in [-0.15, -0.1) is 0 Å². The lowest BCUT2D eigenvalue weighted by Gasteiger charge is -2.32. The second-order valence-corrected chi connectivity index (χ2v) is 9.79. The molecule has 2 amide bonds. The molecular weight excluding hydrogens is 446 g/mol. The molecule has 0 saturated carbocycles. The summed E-state index contributed by atoms with van der Waals surface area (Å²) < 4.78 is 3.70. The van der Waals surface area contributed by atoms with Crippen LogP contribution in [-0.2, 0) is 4.79 Å². The van der Waals surface area contributed by atoms with Gasteiger partial charge in [0.2, 0.25) is 5.91 Å². The largest absolute Gasteiger partial charge is 0.356 e. The number of likely N-dealkylation sites (tertiary alicyclic amines) is 1. The number of amides is 2. The van der Waals surface area contributed by atoms with Crippen LogP contribution in [0.15, 0.2) is 61.1 Å². The van der Waals surface area contributed by atoms with Crippen molar-refractivity contribution < 1.29 is 9.59 Å². The maximum absolute atomic E-state index is 13.6. The Kier molecular flexibility index (Phi) is 8.46. The van der Waals surface area contributed by atoms with Gasteiger partial charge in [-0.1, -0.05) is 25.1 Å². The van der Waals surface area contributed by atoms with E-state index in [4.69, 9.17) is 0 Å². The van der Waals surface area contributed by atoms with E-state index >= 15 is 0 Å². The lowest BCUT2D eigenvalue weighted by atomic mass is 9.96. The van der Waals surface area contributed by atoms with Crippen molar-refractivity contribution in [3.05, 3.63) is 66.6 Å². The molecule has 1 fully saturated rings. The van der Waals surface area contributed by atoms with Crippen molar-refractivity contribution in [1.29, 1.82) is 0 Å². The minimum atomic E-state index is -0.166. The zero-order chi connectivity index (χ0) is 23.8. The van der Waals surface area contributed by atoms with Gasteiger partial charge in [-0.25, -0.2) is 4.68 Å². The van der Waals surface area contributed by atoms with Crippen LogP contribution in [0.1, 0.15) is 43.0 Å². The molecule has 0 unspecified atom stereocenters. The van der Waals surface area contributed by atoms with Crippen molar-refractivity contribution in [3.63, 3.8) is 0 Å². The fourth-order valence-electron chi connectivity index (χ4n) is 4.30. The third-order valence-corrected chi connectivity index (χ3v) is 7.29. The number of benzene rings is 1. The molecule has 1 N–H and O–H groups in total. The van der Waals surface area contributed by atoms with E-state index in [2.05, 4.69) is 17.3 Å². The van der Waals surface area contributed by atoms with E-state index in [0.717, 1.165) is 30.7 Å². The van der Waals surface area contributed by atoms with E-state index in [0.29, 0.717) is 31.0 Å². The van der Waals surface area contributed by atoms with Crippen LogP contribution in [0.4, 0.5) is 0 Å². The van der Waals surface area contributed by atoms with Crippen molar-refractivity contribution in [2.45, 2.75) is 32.6 Å². The summed E-state index contributed by atoms with van der Waals surface area (Å²) in [4.78, 5) is 28.2. The summed E-state index contributed by atoms with van der Waals surface area (Å²) in [5, 5.41) is 7.63. The van der Waals surface area contributed by atoms with E-state index in [1.54, 1.807) is 10.9 Å². The molecule has 4 rings (SSSR count). The number of hydrogen-bond donors (Lipinski definition) is 1. The highest BCUT2D eigenvalue weighted by Gasteiger charge is 2.31. The highest BCUT2D eigenvalue weighted by atomic mass is 32.2. The molecule has 0 aliphatic carbocycles. The number of hydrogen-bond acceptors (Lipinski definition) is 4. The Balaban J connectivity index is 1.45. The number of carbonyl (C=O) groups excluding carboxylic acids is 2. The number of piperidine rings is 1. The predicted molar refractivity (Wildman–Crippen MR) is 137 cm³/mol. The van der Waals surface area contributed by atoms with Gasteiger partial charge in [0.25, 0.3) is 5.91 Å². The summed E-state index contributed by atoms with van der Waals surface area (Å²) in [6.45, 7) is 3.97. The van der Waals surface area contributed by atoms with E-state index < -0.39 is 0 Å². The lowest BCUT2D eigenvalue weighted by molar-refractivity contribution is -0.126. The Bertz CT molecular complexity index is 1060. The SMILES string of the molecule is CCCSCCCNC(=O)[C@H]1CCCN(C(=O)c2cnn(-c3ccccc3)c2-n2cccc2)C1. The lowest BCUT2D eigenvalue weighted by Crippen LogP contribution is -2.45. The van der Waals surface area contributed by atoms with Crippen LogP contribution in [-0.4, -0.2) is 62.2 Å². The fourth-order valence-corrected chi connectivity index (χ4v) is 5.14. The summed E-state index contributed by atoms with van der Waals surface area (Å²) in [5.74, 6) is 2.75. The van der Waals surface area contributed by atoms with Gasteiger partial charge in [-0.3, -0.25) is 9.59 Å². The zero-order valence-corrected chi connectivity index (χ0v) is 20.5. The van der Waals surface area contributed by atoms with Gasteiger partial charge < -0.3 is 14.8 Å². The molecule has 0 spiro atoms. The number of thioether (sulfide) groups is 1. The van der Waals surface area contributed by atoms with Gasteiger partial charge >= 0.3 is 0 Å². The molecule has 3 aromatic rings. The average Bonchev–Trinajstić information content (AvgIpc) is 3.56. The number of nitrogens with zero attached hydrogens (tertiary/aromatic N) is 4. The third kappa shape index (κ3) is 5.73. The minimum Gasteiger partial charge on any atom is -0.356 e. The first-order valence-electron chi connectivity index (χ1n) is 12.1. The summed E-state index contributed by atoms with van der Waals surface area (Å²) >= 11 is 1.93. The Morgan fingerprint density at radius 3 is 2.68 bits per heavy atom. The van der Waals surface area contributed by atoms with Crippen LogP contribution >= 0.6 is 11.8 Å². The van der Waals surface area contributed by atoms with Crippen molar-refractivity contribution in [3.8, 4) is 11.5 Å². The van der Waals surface area contributed by atoms with E-state index in [-0.39, 0.29) is 17.7 Å². The molecular formula is C26H33N5O2S. The first-order chi connectivity index (χ1) is 16.7. The van der Waals surface area contributed by atoms with Crippen LogP contribution in [0.3, 0.4) is 0 Å². The van der Waals surface area contributed by atoms with Gasteiger partial charge in [0.15, 0.2) is 5.82 Å². The molecule has 1 aliphatic heterocycles. The highest BCUT2D eigenvalue weighted by molar-refractivity contribution is 7.99. The molecule has 8 heteroatoms. The van der Waals surface area contributed by atoms with Gasteiger partial charge in [0.1, 0.15) is 5.56 Å². The van der Waals surface area contributed by atoms with Crippen LogP contribution < -0.4 is 5.32 Å². The standard InChI is InChI=1S/C26H33N5O2S/c1-2-17-34-18-9-13-27-24(32)21-10-8-16-30(20-21)26(33)23-19-28-31(22-11-4-3-5-12-22)25(23)29-14-6-7-15-29/h3-7,11-12,14-15,19,21H,2,8-10,13,16-18,20H2,1H3,(H,27,32)/t21-/m0/s1.